The van der Waals surface area contributed by atoms with Gasteiger partial charge in [-0.2, -0.15) is 4.98 Å². The Morgan fingerprint density at radius 1 is 1.08 bits per heavy atom. The highest BCUT2D eigenvalue weighted by Crippen LogP contribution is 2.24. The van der Waals surface area contributed by atoms with E-state index in [0.717, 1.165) is 0 Å². The van der Waals surface area contributed by atoms with Gasteiger partial charge >= 0.3 is 0 Å². The van der Waals surface area contributed by atoms with Crippen LogP contribution < -0.4 is 16.6 Å². The van der Waals surface area contributed by atoms with E-state index in [1.165, 1.54) is 12.1 Å². The third-order valence-corrected chi connectivity index (χ3v) is 3.71. The molecule has 0 bridgehead atoms. The smallest absolute Gasteiger partial charge is 0.277 e. The second-order valence-electron chi connectivity index (χ2n) is 5.36. The lowest BCUT2D eigenvalue weighted by molar-refractivity contribution is 0.404. The highest BCUT2D eigenvalue weighted by atomic mass is 19.1. The number of hydrogen-bond acceptors (Lipinski definition) is 6. The number of nitrogens with zero attached hydrogens (tertiary/aromatic N) is 2. The van der Waals surface area contributed by atoms with Crippen LogP contribution in [-0.2, 0) is 0 Å². The van der Waals surface area contributed by atoms with E-state index < -0.39 is 11.6 Å². The lowest BCUT2D eigenvalue weighted by atomic mass is 10.2. The molecule has 3 aromatic rings. The molecule has 0 aliphatic heterocycles. The molecule has 3 rings (SSSR count). The number of allylic oxidation sites excluding steroid dienone is 1. The molecule has 1 aromatic heterocycles. The Balaban J connectivity index is 1.98. The number of para-hydroxylation sites is 1. The molecule has 26 heavy (non-hydrogen) atoms. The monoisotopic (exact) mass is 357 g/mol. The minimum Gasteiger partial charge on any atom is -0.355 e. The van der Waals surface area contributed by atoms with Crippen LogP contribution in [0.1, 0.15) is 19.2 Å². The summed E-state index contributed by atoms with van der Waals surface area (Å²) in [5.41, 5.74) is 3.82. The summed E-state index contributed by atoms with van der Waals surface area (Å²) < 4.78 is 33.0. The van der Waals surface area contributed by atoms with Gasteiger partial charge in [-0.05, 0) is 30.7 Å². The molecule has 0 radical (unpaired) electrons. The van der Waals surface area contributed by atoms with Gasteiger partial charge in [0, 0.05) is 5.70 Å². The van der Waals surface area contributed by atoms with E-state index in [9.17, 15) is 8.78 Å². The van der Waals surface area contributed by atoms with Crippen molar-refractivity contribution in [2.45, 2.75) is 13.3 Å². The molecule has 0 unspecified atom stereocenters. The summed E-state index contributed by atoms with van der Waals surface area (Å²) in [7, 11) is 0. The number of aromatic nitrogens is 2. The normalized spacial score (nSPS) is 11.8. The second-order valence-corrected chi connectivity index (χ2v) is 5.36. The molecule has 0 spiro atoms. The molecule has 0 aliphatic carbocycles. The van der Waals surface area contributed by atoms with Crippen molar-refractivity contribution in [1.82, 2.24) is 15.6 Å². The molecule has 0 fully saturated rings. The summed E-state index contributed by atoms with van der Waals surface area (Å²) in [5, 5.41) is 6.77. The first-order chi connectivity index (χ1) is 12.6. The first-order valence-corrected chi connectivity index (χ1v) is 7.94. The lowest BCUT2D eigenvalue weighted by Crippen LogP contribution is -2.23. The maximum Gasteiger partial charge on any atom is 0.277 e. The molecule has 1 heterocycles. The van der Waals surface area contributed by atoms with Gasteiger partial charge < -0.3 is 15.3 Å². The summed E-state index contributed by atoms with van der Waals surface area (Å²) in [4.78, 5) is 4.19. The molecule has 2 aromatic carbocycles. The van der Waals surface area contributed by atoms with Gasteiger partial charge in [-0.25, -0.2) is 8.78 Å². The highest BCUT2D eigenvalue weighted by molar-refractivity contribution is 5.67. The molecule has 6 nitrogen and oxygen atoms in total. The average molecular weight is 357 g/mol. The number of hydrazine groups is 1. The van der Waals surface area contributed by atoms with E-state index in [-0.39, 0.29) is 23.0 Å². The minimum atomic E-state index is -0.466. The van der Waals surface area contributed by atoms with Crippen LogP contribution >= 0.6 is 0 Å². The first-order valence-electron chi connectivity index (χ1n) is 7.94. The molecule has 134 valence electrons. The van der Waals surface area contributed by atoms with Crippen molar-refractivity contribution >= 4 is 11.4 Å². The number of hydrogen-bond donors (Lipinski definition) is 3. The Bertz CT molecular complexity index is 939. The summed E-state index contributed by atoms with van der Waals surface area (Å²) in [6.07, 6.45) is 0.477. The number of rotatable bonds is 6. The van der Waals surface area contributed by atoms with Gasteiger partial charge in [0.1, 0.15) is 17.3 Å². The fourth-order valence-electron chi connectivity index (χ4n) is 2.41. The largest absolute Gasteiger partial charge is 0.355 e. The van der Waals surface area contributed by atoms with Gasteiger partial charge in [-0.15, -0.1) is 0 Å². The molecule has 0 atom stereocenters. The number of halogens is 2. The summed E-state index contributed by atoms with van der Waals surface area (Å²) in [6, 6.07) is 12.3. The number of nitrogens with one attached hydrogen (secondary N) is 2. The molecule has 0 aliphatic rings. The van der Waals surface area contributed by atoms with Gasteiger partial charge in [0.05, 0.1) is 11.3 Å². The van der Waals surface area contributed by atoms with Crippen LogP contribution in [0.15, 0.2) is 58.8 Å². The Kier molecular flexibility index (Phi) is 5.23. The van der Waals surface area contributed by atoms with E-state index >= 15 is 0 Å². The summed E-state index contributed by atoms with van der Waals surface area (Å²) in [6.45, 7) is 1.86. The number of nitrogens with two attached hydrogens (primary N) is 1. The van der Waals surface area contributed by atoms with E-state index in [1.54, 1.807) is 36.4 Å². The molecular formula is C18H17F2N5O. The van der Waals surface area contributed by atoms with Gasteiger partial charge in [0.15, 0.2) is 0 Å². The predicted molar refractivity (Wildman–Crippen MR) is 94.2 cm³/mol. The minimum absolute atomic E-state index is 0.0615. The van der Waals surface area contributed by atoms with E-state index in [4.69, 9.17) is 10.4 Å². The van der Waals surface area contributed by atoms with Crippen LogP contribution in [0.3, 0.4) is 0 Å². The topological polar surface area (TPSA) is 89.0 Å². The predicted octanol–water partition coefficient (Wildman–Crippen LogP) is 3.67. The Hall–Kier alpha value is -3.26. The van der Waals surface area contributed by atoms with E-state index in [0.29, 0.717) is 17.8 Å². The lowest BCUT2D eigenvalue weighted by Gasteiger charge is -2.13. The van der Waals surface area contributed by atoms with Crippen molar-refractivity contribution in [2.75, 3.05) is 5.32 Å². The molecule has 0 saturated carbocycles. The standard InChI is InChI=1S/C18H17F2N5O/c1-2-14(22-15-10-6-5-9-13(15)20)16(24-21)18-23-17(25-26-18)11-7-3-4-8-12(11)19/h3-10,22,24H,2,21H2,1H3/b16-14-. The van der Waals surface area contributed by atoms with Crippen molar-refractivity contribution in [3.63, 3.8) is 0 Å². The number of benzene rings is 2. The highest BCUT2D eigenvalue weighted by Gasteiger charge is 2.18. The average Bonchev–Trinajstić information content (AvgIpc) is 3.13. The summed E-state index contributed by atoms with van der Waals surface area (Å²) >= 11 is 0. The third-order valence-electron chi connectivity index (χ3n) is 3.71. The van der Waals surface area contributed by atoms with Gasteiger partial charge in [0.25, 0.3) is 5.89 Å². The third kappa shape index (κ3) is 3.55. The number of anilines is 1. The Morgan fingerprint density at radius 3 is 2.42 bits per heavy atom. The first kappa shape index (κ1) is 17.6. The Morgan fingerprint density at radius 2 is 1.77 bits per heavy atom. The zero-order valence-electron chi connectivity index (χ0n) is 14.0. The molecular weight excluding hydrogens is 340 g/mol. The van der Waals surface area contributed by atoms with Gasteiger partial charge in [0.2, 0.25) is 5.82 Å². The summed E-state index contributed by atoms with van der Waals surface area (Å²) in [5.74, 6) is 4.88. The van der Waals surface area contributed by atoms with Crippen LogP contribution in [0, 0.1) is 11.6 Å². The maximum absolute atomic E-state index is 13.9. The van der Waals surface area contributed by atoms with Crippen molar-refractivity contribution in [3.8, 4) is 11.4 Å². The van der Waals surface area contributed by atoms with Crippen molar-refractivity contribution in [2.24, 2.45) is 5.84 Å². The second kappa shape index (κ2) is 7.75. The van der Waals surface area contributed by atoms with Crippen molar-refractivity contribution in [3.05, 3.63) is 71.8 Å². The van der Waals surface area contributed by atoms with Crippen LogP contribution in [0.2, 0.25) is 0 Å². The zero-order valence-corrected chi connectivity index (χ0v) is 14.0. The fraction of sp³-hybridized carbons (Fsp3) is 0.111. The molecule has 8 heteroatoms. The quantitative estimate of drug-likeness (QED) is 0.461. The van der Waals surface area contributed by atoms with Crippen molar-refractivity contribution in [1.29, 1.82) is 0 Å². The van der Waals surface area contributed by atoms with Crippen LogP contribution in [-0.4, -0.2) is 10.1 Å². The van der Waals surface area contributed by atoms with Crippen molar-refractivity contribution < 1.29 is 13.3 Å². The zero-order chi connectivity index (χ0) is 18.5. The Labute approximate surface area is 148 Å². The fourth-order valence-corrected chi connectivity index (χ4v) is 2.41. The molecule has 0 saturated heterocycles. The van der Waals surface area contributed by atoms with Crippen LogP contribution in [0.4, 0.5) is 14.5 Å². The SMILES string of the molecule is CC/C(Nc1ccccc1F)=C(/NN)c1nc(-c2ccccc2F)no1. The van der Waals surface area contributed by atoms with Gasteiger partial charge in [-0.3, -0.25) is 5.84 Å². The van der Waals surface area contributed by atoms with Crippen LogP contribution in [0.5, 0.6) is 0 Å². The van der Waals surface area contributed by atoms with Crippen LogP contribution in [0.25, 0.3) is 17.1 Å². The molecule has 4 N–H and O–H groups in total. The van der Waals surface area contributed by atoms with E-state index in [1.807, 2.05) is 6.92 Å². The van der Waals surface area contributed by atoms with E-state index in [2.05, 4.69) is 20.9 Å². The maximum atomic E-state index is 13.9. The molecule has 0 amide bonds. The van der Waals surface area contributed by atoms with Gasteiger partial charge in [-0.1, -0.05) is 36.3 Å².